The average Bonchev–Trinajstić information content (AvgIpc) is 2.96. The molecule has 5 heteroatoms. The number of hydrogen-bond acceptors (Lipinski definition) is 3. The molecule has 0 atom stereocenters. The number of aromatic nitrogens is 2. The number of phenols is 1. The number of pyridine rings is 1. The maximum Gasteiger partial charge on any atom is 0.143 e. The van der Waals surface area contributed by atoms with Gasteiger partial charge in [-0.1, -0.05) is 24.3 Å². The average molecular weight is 422 g/mol. The van der Waals surface area contributed by atoms with Crippen LogP contribution in [0.1, 0.15) is 16.7 Å². The van der Waals surface area contributed by atoms with Gasteiger partial charge in [0.2, 0.25) is 0 Å². The van der Waals surface area contributed by atoms with E-state index in [1.54, 1.807) is 6.07 Å². The molecule has 4 rings (SSSR count). The lowest BCUT2D eigenvalue weighted by molar-refractivity contribution is 0.477. The minimum atomic E-state index is 0.224. The van der Waals surface area contributed by atoms with Gasteiger partial charge in [-0.2, -0.15) is 0 Å². The van der Waals surface area contributed by atoms with E-state index in [9.17, 15) is 5.11 Å². The summed E-state index contributed by atoms with van der Waals surface area (Å²) >= 11 is 3.54. The molecule has 2 aromatic heterocycles. The predicted octanol–water partition coefficient (Wildman–Crippen LogP) is 6.14. The number of halogens is 1. The Labute approximate surface area is 166 Å². The summed E-state index contributed by atoms with van der Waals surface area (Å²) in [5.41, 5.74) is 6.58. The zero-order chi connectivity index (χ0) is 19.1. The highest BCUT2D eigenvalue weighted by Gasteiger charge is 2.18. The number of imidazole rings is 1. The first kappa shape index (κ1) is 17.6. The van der Waals surface area contributed by atoms with Gasteiger partial charge in [0.05, 0.1) is 0 Å². The molecule has 0 unspecified atom stereocenters. The largest absolute Gasteiger partial charge is 0.507 e. The van der Waals surface area contributed by atoms with E-state index < -0.39 is 0 Å². The standard InChI is InChI=1S/C22H20BrN3O/c1-13-7-9-17(18(27)11-13)21-22(25-20-14(2)5-4-6-15(20)3)26-12-16(23)8-10-19(26)24-21/h4-12,25,27H,1-3H3. The van der Waals surface area contributed by atoms with Gasteiger partial charge < -0.3 is 10.4 Å². The number of nitrogens with zero attached hydrogens (tertiary/aromatic N) is 2. The van der Waals surface area contributed by atoms with Crippen LogP contribution in [0.2, 0.25) is 0 Å². The number of rotatable bonds is 3. The van der Waals surface area contributed by atoms with Gasteiger partial charge in [0.1, 0.15) is 22.9 Å². The van der Waals surface area contributed by atoms with Crippen LogP contribution in [0, 0.1) is 20.8 Å². The van der Waals surface area contributed by atoms with Crippen molar-refractivity contribution in [3.05, 3.63) is 75.9 Å². The third-order valence-electron chi connectivity index (χ3n) is 4.72. The Hall–Kier alpha value is -2.79. The first-order valence-corrected chi connectivity index (χ1v) is 9.54. The molecule has 0 amide bonds. The molecule has 2 heterocycles. The van der Waals surface area contributed by atoms with Crippen molar-refractivity contribution in [2.45, 2.75) is 20.8 Å². The SMILES string of the molecule is Cc1ccc(-c2nc3ccc(Br)cn3c2Nc2c(C)cccc2C)c(O)c1. The lowest BCUT2D eigenvalue weighted by atomic mass is 10.1. The minimum absolute atomic E-state index is 0.224. The Bertz CT molecular complexity index is 1140. The van der Waals surface area contributed by atoms with E-state index in [1.165, 1.54) is 0 Å². The number of anilines is 2. The van der Waals surface area contributed by atoms with Crippen molar-refractivity contribution in [2.75, 3.05) is 5.32 Å². The summed E-state index contributed by atoms with van der Waals surface area (Å²) in [6, 6.07) is 15.8. The van der Waals surface area contributed by atoms with Crippen molar-refractivity contribution >= 4 is 33.1 Å². The molecule has 0 saturated heterocycles. The fraction of sp³-hybridized carbons (Fsp3) is 0.136. The number of phenolic OH excluding ortho intramolecular Hbond substituents is 1. The molecule has 0 aliphatic heterocycles. The number of hydrogen-bond donors (Lipinski definition) is 2. The summed E-state index contributed by atoms with van der Waals surface area (Å²) in [7, 11) is 0. The van der Waals surface area contributed by atoms with E-state index in [-0.39, 0.29) is 5.75 Å². The lowest BCUT2D eigenvalue weighted by Crippen LogP contribution is -2.00. The summed E-state index contributed by atoms with van der Waals surface area (Å²) in [6.45, 7) is 6.12. The van der Waals surface area contributed by atoms with Crippen LogP contribution in [-0.4, -0.2) is 14.5 Å². The van der Waals surface area contributed by atoms with Gasteiger partial charge in [0.25, 0.3) is 0 Å². The molecular weight excluding hydrogens is 402 g/mol. The fourth-order valence-electron chi connectivity index (χ4n) is 3.30. The lowest BCUT2D eigenvalue weighted by Gasteiger charge is -2.14. The monoisotopic (exact) mass is 421 g/mol. The second kappa shape index (κ2) is 6.74. The molecule has 0 radical (unpaired) electrons. The molecule has 4 aromatic rings. The van der Waals surface area contributed by atoms with Gasteiger partial charge >= 0.3 is 0 Å². The van der Waals surface area contributed by atoms with Gasteiger partial charge in [-0.15, -0.1) is 0 Å². The number of fused-ring (bicyclic) bond motifs is 1. The third kappa shape index (κ3) is 3.19. The second-order valence-corrected chi connectivity index (χ2v) is 7.71. The zero-order valence-electron chi connectivity index (χ0n) is 15.4. The Morgan fingerprint density at radius 1 is 1.00 bits per heavy atom. The van der Waals surface area contributed by atoms with Crippen LogP contribution in [0.15, 0.2) is 59.2 Å². The Kier molecular flexibility index (Phi) is 4.40. The molecule has 136 valence electrons. The van der Waals surface area contributed by atoms with Gasteiger partial charge in [-0.3, -0.25) is 4.40 Å². The molecule has 27 heavy (non-hydrogen) atoms. The number of aryl methyl sites for hydroxylation is 3. The van der Waals surface area contributed by atoms with Crippen molar-refractivity contribution in [3.63, 3.8) is 0 Å². The summed E-state index contributed by atoms with van der Waals surface area (Å²) in [5.74, 6) is 1.05. The van der Waals surface area contributed by atoms with E-state index >= 15 is 0 Å². The van der Waals surface area contributed by atoms with E-state index in [0.717, 1.165) is 38.3 Å². The molecular formula is C22H20BrN3O. The van der Waals surface area contributed by atoms with Gasteiger partial charge in [0, 0.05) is 21.9 Å². The van der Waals surface area contributed by atoms with Gasteiger partial charge in [-0.25, -0.2) is 4.98 Å². The minimum Gasteiger partial charge on any atom is -0.507 e. The Morgan fingerprint density at radius 3 is 2.44 bits per heavy atom. The normalized spacial score (nSPS) is 11.1. The van der Waals surface area contributed by atoms with Crippen molar-refractivity contribution < 1.29 is 5.11 Å². The van der Waals surface area contributed by atoms with Crippen LogP contribution in [0.3, 0.4) is 0 Å². The van der Waals surface area contributed by atoms with Gasteiger partial charge in [-0.05, 0) is 77.7 Å². The van der Waals surface area contributed by atoms with Crippen LogP contribution in [-0.2, 0) is 0 Å². The number of nitrogens with one attached hydrogen (secondary N) is 1. The molecule has 0 spiro atoms. The van der Waals surface area contributed by atoms with Crippen LogP contribution in [0.5, 0.6) is 5.75 Å². The molecule has 0 aliphatic rings. The summed E-state index contributed by atoms with van der Waals surface area (Å²) in [4.78, 5) is 4.79. The molecule has 2 aromatic carbocycles. The Balaban J connectivity index is 1.98. The molecule has 0 saturated carbocycles. The molecule has 0 aliphatic carbocycles. The Morgan fingerprint density at radius 2 is 1.74 bits per heavy atom. The number of benzene rings is 2. The smallest absolute Gasteiger partial charge is 0.143 e. The second-order valence-electron chi connectivity index (χ2n) is 6.80. The third-order valence-corrected chi connectivity index (χ3v) is 5.18. The summed E-state index contributed by atoms with van der Waals surface area (Å²) in [5, 5.41) is 14.1. The van der Waals surface area contributed by atoms with Gasteiger partial charge in [0.15, 0.2) is 0 Å². The quantitative estimate of drug-likeness (QED) is 0.417. The molecule has 0 fully saturated rings. The highest BCUT2D eigenvalue weighted by Crippen LogP contribution is 2.38. The molecule has 4 nitrogen and oxygen atoms in total. The number of aromatic hydroxyl groups is 1. The van der Waals surface area contributed by atoms with Crippen LogP contribution < -0.4 is 5.32 Å². The molecule has 0 bridgehead atoms. The maximum absolute atomic E-state index is 10.5. The van der Waals surface area contributed by atoms with Crippen LogP contribution >= 0.6 is 15.9 Å². The number of para-hydroxylation sites is 1. The highest BCUT2D eigenvalue weighted by molar-refractivity contribution is 9.10. The topological polar surface area (TPSA) is 49.6 Å². The summed E-state index contributed by atoms with van der Waals surface area (Å²) < 4.78 is 2.96. The van der Waals surface area contributed by atoms with Crippen LogP contribution in [0.4, 0.5) is 11.5 Å². The van der Waals surface area contributed by atoms with Crippen molar-refractivity contribution in [1.82, 2.24) is 9.38 Å². The van der Waals surface area contributed by atoms with Crippen molar-refractivity contribution in [1.29, 1.82) is 0 Å². The first-order chi connectivity index (χ1) is 12.9. The van der Waals surface area contributed by atoms with E-state index in [0.29, 0.717) is 11.3 Å². The predicted molar refractivity (Wildman–Crippen MR) is 114 cm³/mol. The zero-order valence-corrected chi connectivity index (χ0v) is 17.0. The highest BCUT2D eigenvalue weighted by atomic mass is 79.9. The maximum atomic E-state index is 10.5. The van der Waals surface area contributed by atoms with Crippen molar-refractivity contribution in [3.8, 4) is 17.0 Å². The van der Waals surface area contributed by atoms with E-state index in [1.807, 2.05) is 47.9 Å². The molecule has 2 N–H and O–H groups in total. The fourth-order valence-corrected chi connectivity index (χ4v) is 3.63. The summed E-state index contributed by atoms with van der Waals surface area (Å²) in [6.07, 6.45) is 1.98. The van der Waals surface area contributed by atoms with E-state index in [2.05, 4.69) is 47.2 Å². The van der Waals surface area contributed by atoms with E-state index in [4.69, 9.17) is 4.98 Å². The van der Waals surface area contributed by atoms with Crippen molar-refractivity contribution in [2.24, 2.45) is 0 Å². The first-order valence-electron chi connectivity index (χ1n) is 8.75. The van der Waals surface area contributed by atoms with Crippen LogP contribution in [0.25, 0.3) is 16.9 Å².